The first-order valence-electron chi connectivity index (χ1n) is 6.95. The van der Waals surface area contributed by atoms with E-state index in [0.29, 0.717) is 0 Å². The van der Waals surface area contributed by atoms with E-state index < -0.39 is 0 Å². The number of rotatable bonds is 2. The zero-order valence-corrected chi connectivity index (χ0v) is 11.2. The Hall–Kier alpha value is -1.57. The lowest BCUT2D eigenvalue weighted by molar-refractivity contribution is 0.689. The first kappa shape index (κ1) is 11.5. The van der Waals surface area contributed by atoms with E-state index in [0.717, 1.165) is 12.2 Å². The fraction of sp³-hybridized carbons (Fsp3) is 0.438. The van der Waals surface area contributed by atoms with Gasteiger partial charge in [0.05, 0.1) is 5.52 Å². The van der Waals surface area contributed by atoms with Gasteiger partial charge in [-0.05, 0) is 56.7 Å². The predicted octanol–water partition coefficient (Wildman–Crippen LogP) is 3.85. The van der Waals surface area contributed by atoms with Crippen LogP contribution in [-0.2, 0) is 12.8 Å². The van der Waals surface area contributed by atoms with Crippen LogP contribution in [0.4, 0.5) is 5.69 Å². The van der Waals surface area contributed by atoms with E-state index in [2.05, 4.69) is 37.4 Å². The molecule has 94 valence electrons. The molecule has 0 radical (unpaired) electrons. The molecule has 0 unspecified atom stereocenters. The molecule has 0 bridgehead atoms. The molecule has 1 aliphatic rings. The van der Waals surface area contributed by atoms with Crippen LogP contribution in [0.15, 0.2) is 18.2 Å². The normalized spacial score (nSPS) is 14.6. The molecule has 2 heteroatoms. The third-order valence-corrected chi connectivity index (χ3v) is 3.80. The molecule has 0 saturated heterocycles. The summed E-state index contributed by atoms with van der Waals surface area (Å²) in [7, 11) is 0. The Morgan fingerprint density at radius 1 is 1.22 bits per heavy atom. The van der Waals surface area contributed by atoms with Gasteiger partial charge >= 0.3 is 0 Å². The van der Waals surface area contributed by atoms with Crippen LogP contribution in [0, 0.1) is 6.92 Å². The number of nitrogens with one attached hydrogen (secondary N) is 1. The molecular weight excluding hydrogens is 220 g/mol. The average molecular weight is 240 g/mol. The van der Waals surface area contributed by atoms with Gasteiger partial charge in [-0.25, -0.2) is 0 Å². The SMILES string of the molecule is CCNc1cc(C)nc2c3c(ccc12)CCCC3. The minimum atomic E-state index is 0.954. The number of benzene rings is 1. The lowest BCUT2D eigenvalue weighted by atomic mass is 9.89. The van der Waals surface area contributed by atoms with Crippen molar-refractivity contribution in [2.24, 2.45) is 0 Å². The number of hydrogen-bond donors (Lipinski definition) is 1. The Balaban J connectivity index is 2.27. The van der Waals surface area contributed by atoms with Crippen LogP contribution < -0.4 is 5.32 Å². The lowest BCUT2D eigenvalue weighted by Gasteiger charge is -2.19. The summed E-state index contributed by atoms with van der Waals surface area (Å²) in [5, 5.41) is 4.74. The second kappa shape index (κ2) is 4.60. The quantitative estimate of drug-likeness (QED) is 0.862. The van der Waals surface area contributed by atoms with Gasteiger partial charge in [-0.2, -0.15) is 0 Å². The number of aromatic nitrogens is 1. The molecule has 2 nitrogen and oxygen atoms in total. The van der Waals surface area contributed by atoms with Gasteiger partial charge in [0.15, 0.2) is 0 Å². The maximum Gasteiger partial charge on any atom is 0.0760 e. The molecule has 1 N–H and O–H groups in total. The van der Waals surface area contributed by atoms with E-state index >= 15 is 0 Å². The fourth-order valence-corrected chi connectivity index (χ4v) is 2.99. The molecule has 1 heterocycles. The van der Waals surface area contributed by atoms with E-state index in [9.17, 15) is 0 Å². The molecule has 0 amide bonds. The standard InChI is InChI=1S/C16H20N2/c1-3-17-15-10-11(2)18-16-13-7-5-4-6-12(13)8-9-14(15)16/h8-10H,3-7H2,1-2H3,(H,17,18). The lowest BCUT2D eigenvalue weighted by Crippen LogP contribution is -2.06. The Morgan fingerprint density at radius 2 is 2.06 bits per heavy atom. The van der Waals surface area contributed by atoms with Gasteiger partial charge in [0.2, 0.25) is 0 Å². The van der Waals surface area contributed by atoms with E-state index in [4.69, 9.17) is 4.98 Å². The molecule has 0 fully saturated rings. The van der Waals surface area contributed by atoms with Crippen LogP contribution in [0.5, 0.6) is 0 Å². The maximum absolute atomic E-state index is 4.79. The van der Waals surface area contributed by atoms with Crippen molar-refractivity contribution in [3.05, 3.63) is 35.0 Å². The highest BCUT2D eigenvalue weighted by molar-refractivity contribution is 5.94. The van der Waals surface area contributed by atoms with Crippen LogP contribution in [0.25, 0.3) is 10.9 Å². The topological polar surface area (TPSA) is 24.9 Å². The summed E-state index contributed by atoms with van der Waals surface area (Å²) in [6, 6.07) is 6.69. The molecule has 0 spiro atoms. The summed E-state index contributed by atoms with van der Waals surface area (Å²) < 4.78 is 0. The smallest absolute Gasteiger partial charge is 0.0760 e. The zero-order valence-electron chi connectivity index (χ0n) is 11.2. The van der Waals surface area contributed by atoms with Crippen molar-refractivity contribution in [3.63, 3.8) is 0 Å². The van der Waals surface area contributed by atoms with Crippen molar-refractivity contribution < 1.29 is 0 Å². The van der Waals surface area contributed by atoms with Crippen molar-refractivity contribution >= 4 is 16.6 Å². The van der Waals surface area contributed by atoms with Crippen molar-refractivity contribution in [3.8, 4) is 0 Å². The minimum absolute atomic E-state index is 0.954. The molecule has 18 heavy (non-hydrogen) atoms. The van der Waals surface area contributed by atoms with E-state index in [1.54, 1.807) is 0 Å². The zero-order chi connectivity index (χ0) is 12.5. The van der Waals surface area contributed by atoms with Gasteiger partial charge < -0.3 is 5.32 Å². The third-order valence-electron chi connectivity index (χ3n) is 3.80. The molecule has 3 rings (SSSR count). The highest BCUT2D eigenvalue weighted by Gasteiger charge is 2.15. The van der Waals surface area contributed by atoms with Gasteiger partial charge in [0, 0.05) is 23.3 Å². The summed E-state index contributed by atoms with van der Waals surface area (Å²) >= 11 is 0. The minimum Gasteiger partial charge on any atom is -0.385 e. The Labute approximate surface area is 108 Å². The van der Waals surface area contributed by atoms with Gasteiger partial charge in [-0.1, -0.05) is 12.1 Å². The molecule has 0 atom stereocenters. The summed E-state index contributed by atoms with van der Waals surface area (Å²) in [6.07, 6.45) is 5.04. The van der Waals surface area contributed by atoms with Gasteiger partial charge in [0.1, 0.15) is 0 Å². The number of aryl methyl sites for hydroxylation is 3. The Kier molecular flexibility index (Phi) is 2.94. The predicted molar refractivity (Wildman–Crippen MR) is 77.3 cm³/mol. The summed E-state index contributed by atoms with van der Waals surface area (Å²) in [4.78, 5) is 4.79. The van der Waals surface area contributed by atoms with Crippen LogP contribution >= 0.6 is 0 Å². The van der Waals surface area contributed by atoms with Gasteiger partial charge in [-0.3, -0.25) is 4.98 Å². The Bertz CT molecular complexity index is 587. The van der Waals surface area contributed by atoms with Crippen molar-refractivity contribution in [1.29, 1.82) is 0 Å². The van der Waals surface area contributed by atoms with Crippen LogP contribution in [-0.4, -0.2) is 11.5 Å². The van der Waals surface area contributed by atoms with Crippen LogP contribution in [0.1, 0.15) is 36.6 Å². The first-order valence-corrected chi connectivity index (χ1v) is 6.95. The summed E-state index contributed by atoms with van der Waals surface area (Å²) in [5.74, 6) is 0. The molecule has 1 aromatic carbocycles. The fourth-order valence-electron chi connectivity index (χ4n) is 2.99. The summed E-state index contributed by atoms with van der Waals surface area (Å²) in [5.41, 5.74) is 6.56. The van der Waals surface area contributed by atoms with Crippen molar-refractivity contribution in [1.82, 2.24) is 4.98 Å². The molecular formula is C16H20N2. The average Bonchev–Trinajstić information content (AvgIpc) is 2.39. The van der Waals surface area contributed by atoms with Gasteiger partial charge in [0.25, 0.3) is 0 Å². The van der Waals surface area contributed by atoms with Gasteiger partial charge in [-0.15, -0.1) is 0 Å². The maximum atomic E-state index is 4.79. The molecule has 1 aromatic heterocycles. The number of anilines is 1. The highest BCUT2D eigenvalue weighted by atomic mass is 14.9. The third kappa shape index (κ3) is 1.86. The largest absolute Gasteiger partial charge is 0.385 e. The number of pyridine rings is 1. The first-order chi connectivity index (χ1) is 8.79. The second-order valence-electron chi connectivity index (χ2n) is 5.15. The van der Waals surface area contributed by atoms with Crippen LogP contribution in [0.2, 0.25) is 0 Å². The van der Waals surface area contributed by atoms with Crippen molar-refractivity contribution in [2.75, 3.05) is 11.9 Å². The van der Waals surface area contributed by atoms with Crippen LogP contribution in [0.3, 0.4) is 0 Å². The second-order valence-corrected chi connectivity index (χ2v) is 5.15. The Morgan fingerprint density at radius 3 is 2.89 bits per heavy atom. The summed E-state index contributed by atoms with van der Waals surface area (Å²) in [6.45, 7) is 5.18. The number of hydrogen-bond acceptors (Lipinski definition) is 2. The van der Waals surface area contributed by atoms with E-state index in [1.807, 2.05) is 0 Å². The highest BCUT2D eigenvalue weighted by Crippen LogP contribution is 2.31. The molecule has 0 aliphatic heterocycles. The monoisotopic (exact) mass is 240 g/mol. The van der Waals surface area contributed by atoms with E-state index in [-0.39, 0.29) is 0 Å². The number of nitrogens with zero attached hydrogens (tertiary/aromatic N) is 1. The van der Waals surface area contributed by atoms with E-state index in [1.165, 1.54) is 53.4 Å². The molecule has 1 aliphatic carbocycles. The number of fused-ring (bicyclic) bond motifs is 3. The van der Waals surface area contributed by atoms with Crippen molar-refractivity contribution in [2.45, 2.75) is 39.5 Å². The molecule has 2 aromatic rings. The molecule has 0 saturated carbocycles.